The van der Waals surface area contributed by atoms with Crippen LogP contribution in [0.1, 0.15) is 37.4 Å². The molecule has 0 spiro atoms. The first-order chi connectivity index (χ1) is 7.71. The number of alkyl halides is 3. The summed E-state index contributed by atoms with van der Waals surface area (Å²) >= 11 is 5.53. The highest BCUT2D eigenvalue weighted by molar-refractivity contribution is 6.31. The molecule has 1 aromatic carbocycles. The molecule has 0 aliphatic heterocycles. The Balaban J connectivity index is 3.04. The molecule has 1 atom stereocenters. The van der Waals surface area contributed by atoms with Crippen LogP contribution in [0.3, 0.4) is 0 Å². The van der Waals surface area contributed by atoms with Crippen LogP contribution in [0.2, 0.25) is 5.02 Å². The lowest BCUT2D eigenvalue weighted by molar-refractivity contribution is -0.137. The molecule has 0 heterocycles. The molecule has 0 amide bonds. The van der Waals surface area contributed by atoms with Crippen LogP contribution in [0.5, 0.6) is 0 Å². The molecule has 0 aliphatic rings. The first-order valence-corrected chi connectivity index (χ1v) is 5.72. The van der Waals surface area contributed by atoms with Crippen molar-refractivity contribution in [3.63, 3.8) is 0 Å². The predicted octanol–water partition coefficient (Wildman–Crippen LogP) is 4.40. The Hall–Kier alpha value is -0.740. The van der Waals surface area contributed by atoms with Gasteiger partial charge in [-0.2, -0.15) is 13.2 Å². The number of benzene rings is 1. The van der Waals surface area contributed by atoms with Gasteiger partial charge in [-0.25, -0.2) is 0 Å². The van der Waals surface area contributed by atoms with Crippen LogP contribution < -0.4 is 5.73 Å². The van der Waals surface area contributed by atoms with Crippen molar-refractivity contribution in [1.82, 2.24) is 0 Å². The zero-order valence-electron chi connectivity index (χ0n) is 9.68. The second-order valence-corrected chi connectivity index (χ2v) is 4.88. The fourth-order valence-electron chi connectivity index (χ4n) is 1.63. The molecule has 0 fully saturated rings. The summed E-state index contributed by atoms with van der Waals surface area (Å²) in [6, 6.07) is 3.44. The summed E-state index contributed by atoms with van der Waals surface area (Å²) < 4.78 is 37.9. The van der Waals surface area contributed by atoms with Crippen LogP contribution in [0.4, 0.5) is 13.2 Å². The van der Waals surface area contributed by atoms with E-state index < -0.39 is 17.8 Å². The van der Waals surface area contributed by atoms with Crippen LogP contribution in [0.25, 0.3) is 0 Å². The molecule has 0 bridgehead atoms. The lowest BCUT2D eigenvalue weighted by Gasteiger charge is -2.17. The third-order valence-corrected chi connectivity index (χ3v) is 2.78. The third-order valence-electron chi connectivity index (χ3n) is 2.45. The molecule has 2 N–H and O–H groups in total. The van der Waals surface area contributed by atoms with Crippen molar-refractivity contribution < 1.29 is 13.2 Å². The van der Waals surface area contributed by atoms with E-state index in [0.717, 1.165) is 6.07 Å². The molecule has 0 radical (unpaired) electrons. The monoisotopic (exact) mass is 265 g/mol. The lowest BCUT2D eigenvalue weighted by atomic mass is 9.96. The van der Waals surface area contributed by atoms with Crippen molar-refractivity contribution in [3.8, 4) is 0 Å². The number of nitrogens with two attached hydrogens (primary N) is 1. The quantitative estimate of drug-likeness (QED) is 0.861. The number of hydrogen-bond donors (Lipinski definition) is 1. The van der Waals surface area contributed by atoms with Gasteiger partial charge >= 0.3 is 6.18 Å². The average Bonchev–Trinajstić information content (AvgIpc) is 2.15. The molecule has 0 saturated carbocycles. The van der Waals surface area contributed by atoms with Crippen LogP contribution in [0.15, 0.2) is 18.2 Å². The largest absolute Gasteiger partial charge is 0.417 e. The molecule has 0 saturated heterocycles. The summed E-state index contributed by atoms with van der Waals surface area (Å²) in [5, 5.41) is -0.294. The maximum atomic E-state index is 12.6. The minimum Gasteiger partial charge on any atom is -0.324 e. The third kappa shape index (κ3) is 3.89. The summed E-state index contributed by atoms with van der Waals surface area (Å²) in [6.45, 7) is 3.95. The highest BCUT2D eigenvalue weighted by Gasteiger charge is 2.33. The fourth-order valence-corrected chi connectivity index (χ4v) is 1.86. The first-order valence-electron chi connectivity index (χ1n) is 5.34. The van der Waals surface area contributed by atoms with Crippen molar-refractivity contribution in [2.45, 2.75) is 32.5 Å². The number of halogens is 4. The van der Waals surface area contributed by atoms with Gasteiger partial charge in [-0.3, -0.25) is 0 Å². The topological polar surface area (TPSA) is 26.0 Å². The van der Waals surface area contributed by atoms with Crippen LogP contribution in [-0.4, -0.2) is 0 Å². The zero-order valence-corrected chi connectivity index (χ0v) is 10.4. The molecule has 0 aromatic heterocycles. The molecule has 96 valence electrons. The Labute approximate surface area is 104 Å². The van der Waals surface area contributed by atoms with E-state index >= 15 is 0 Å². The van der Waals surface area contributed by atoms with E-state index in [9.17, 15) is 13.2 Å². The summed E-state index contributed by atoms with van der Waals surface area (Å²) in [5.41, 5.74) is 5.49. The van der Waals surface area contributed by atoms with E-state index in [1.807, 2.05) is 13.8 Å². The van der Waals surface area contributed by atoms with Gasteiger partial charge in [0.15, 0.2) is 0 Å². The summed E-state index contributed by atoms with van der Waals surface area (Å²) in [7, 11) is 0. The van der Waals surface area contributed by atoms with Gasteiger partial charge in [-0.05, 0) is 30.0 Å². The molecule has 1 aromatic rings. The molecule has 0 aliphatic carbocycles. The predicted molar refractivity (Wildman–Crippen MR) is 62.8 cm³/mol. The van der Waals surface area contributed by atoms with Gasteiger partial charge in [0, 0.05) is 6.04 Å². The SMILES string of the molecule is CC(C)C[C@H](N)c1ccc(Cl)c(C(F)(F)F)c1. The molecule has 1 nitrogen and oxygen atoms in total. The Kier molecular flexibility index (Phi) is 4.44. The van der Waals surface area contributed by atoms with Crippen molar-refractivity contribution in [2.24, 2.45) is 11.7 Å². The average molecular weight is 266 g/mol. The van der Waals surface area contributed by atoms with Gasteiger partial charge in [0.05, 0.1) is 10.6 Å². The van der Waals surface area contributed by atoms with E-state index in [2.05, 4.69) is 0 Å². The van der Waals surface area contributed by atoms with E-state index in [4.69, 9.17) is 17.3 Å². The van der Waals surface area contributed by atoms with E-state index in [1.165, 1.54) is 6.07 Å². The minimum atomic E-state index is -4.44. The van der Waals surface area contributed by atoms with Gasteiger partial charge < -0.3 is 5.73 Å². The lowest BCUT2D eigenvalue weighted by Crippen LogP contribution is -2.15. The first kappa shape index (κ1) is 14.3. The van der Waals surface area contributed by atoms with Gasteiger partial charge in [-0.15, -0.1) is 0 Å². The van der Waals surface area contributed by atoms with Crippen LogP contribution in [-0.2, 0) is 6.18 Å². The van der Waals surface area contributed by atoms with Crippen molar-refractivity contribution in [3.05, 3.63) is 34.3 Å². The molecule has 1 rings (SSSR count). The van der Waals surface area contributed by atoms with Crippen molar-refractivity contribution in [2.75, 3.05) is 0 Å². The Bertz CT molecular complexity index is 388. The maximum Gasteiger partial charge on any atom is 0.417 e. The van der Waals surface area contributed by atoms with Crippen LogP contribution >= 0.6 is 11.6 Å². The van der Waals surface area contributed by atoms with Gasteiger partial charge in [-0.1, -0.05) is 31.5 Å². The zero-order chi connectivity index (χ0) is 13.2. The molecule has 5 heteroatoms. The van der Waals surface area contributed by atoms with Gasteiger partial charge in [0.2, 0.25) is 0 Å². The van der Waals surface area contributed by atoms with E-state index in [-0.39, 0.29) is 5.02 Å². The van der Waals surface area contributed by atoms with Gasteiger partial charge in [0.25, 0.3) is 0 Å². The molecule has 0 unspecified atom stereocenters. The van der Waals surface area contributed by atoms with Crippen molar-refractivity contribution >= 4 is 11.6 Å². The van der Waals surface area contributed by atoms with Crippen molar-refractivity contribution in [1.29, 1.82) is 0 Å². The summed E-state index contributed by atoms with van der Waals surface area (Å²) in [5.74, 6) is 0.329. The van der Waals surface area contributed by atoms with Crippen LogP contribution in [0, 0.1) is 5.92 Å². The standard InChI is InChI=1S/C12H15ClF3N/c1-7(2)5-11(17)8-3-4-10(13)9(6-8)12(14,15)16/h3-4,6-7,11H,5,17H2,1-2H3/t11-/m0/s1. The normalized spacial score (nSPS) is 14.1. The Morgan fingerprint density at radius 2 is 1.88 bits per heavy atom. The molecular formula is C12H15ClF3N. The minimum absolute atomic E-state index is 0.294. The highest BCUT2D eigenvalue weighted by atomic mass is 35.5. The molecule has 17 heavy (non-hydrogen) atoms. The summed E-state index contributed by atoms with van der Waals surface area (Å²) in [6.07, 6.45) is -3.80. The smallest absolute Gasteiger partial charge is 0.324 e. The highest BCUT2D eigenvalue weighted by Crippen LogP contribution is 2.36. The summed E-state index contributed by atoms with van der Waals surface area (Å²) in [4.78, 5) is 0. The second kappa shape index (κ2) is 5.27. The maximum absolute atomic E-state index is 12.6. The van der Waals surface area contributed by atoms with E-state index in [0.29, 0.717) is 17.9 Å². The number of hydrogen-bond acceptors (Lipinski definition) is 1. The second-order valence-electron chi connectivity index (χ2n) is 4.47. The Morgan fingerprint density at radius 1 is 1.29 bits per heavy atom. The fraction of sp³-hybridized carbons (Fsp3) is 0.500. The van der Waals surface area contributed by atoms with Gasteiger partial charge in [0.1, 0.15) is 0 Å². The van der Waals surface area contributed by atoms with E-state index in [1.54, 1.807) is 6.07 Å². The number of rotatable bonds is 3. The Morgan fingerprint density at radius 3 is 2.35 bits per heavy atom. The molecular weight excluding hydrogens is 251 g/mol.